The third kappa shape index (κ3) is 2.97. The predicted molar refractivity (Wildman–Crippen MR) is 74.7 cm³/mol. The zero-order chi connectivity index (χ0) is 13.1. The predicted octanol–water partition coefficient (Wildman–Crippen LogP) is 1.75. The lowest BCUT2D eigenvalue weighted by Gasteiger charge is -2.15. The highest BCUT2D eigenvalue weighted by molar-refractivity contribution is 9.10. The highest BCUT2D eigenvalue weighted by atomic mass is 79.9. The molecule has 2 heterocycles. The first-order chi connectivity index (χ1) is 8.59. The Labute approximate surface area is 118 Å². The van der Waals surface area contributed by atoms with Gasteiger partial charge in [-0.15, -0.1) is 11.3 Å². The smallest absolute Gasteiger partial charge is 0.139 e. The van der Waals surface area contributed by atoms with Crippen molar-refractivity contribution >= 4 is 27.3 Å². The Bertz CT molecular complexity index is 497. The minimum absolute atomic E-state index is 0.660. The van der Waals surface area contributed by atoms with Crippen LogP contribution in [0.5, 0.6) is 0 Å². The van der Waals surface area contributed by atoms with Crippen LogP contribution >= 0.6 is 27.3 Å². The summed E-state index contributed by atoms with van der Waals surface area (Å²) in [5, 5.41) is 16.5. The molecule has 0 aliphatic carbocycles. The van der Waals surface area contributed by atoms with Gasteiger partial charge in [-0.3, -0.25) is 4.68 Å². The molecule has 18 heavy (non-hydrogen) atoms. The molecule has 2 aromatic heterocycles. The van der Waals surface area contributed by atoms with Gasteiger partial charge < -0.3 is 10.0 Å². The molecule has 0 aromatic carbocycles. The van der Waals surface area contributed by atoms with Gasteiger partial charge in [0.15, 0.2) is 0 Å². The number of hydrogen-bond acceptors (Lipinski definition) is 5. The lowest BCUT2D eigenvalue weighted by atomic mass is 10.2. The number of aliphatic hydroxyl groups is 1. The zero-order valence-corrected chi connectivity index (χ0v) is 12.6. The maximum atomic E-state index is 10.3. The quantitative estimate of drug-likeness (QED) is 0.907. The van der Waals surface area contributed by atoms with Gasteiger partial charge in [0.05, 0.1) is 34.1 Å². The molecular weight excluding hydrogens is 316 g/mol. The van der Waals surface area contributed by atoms with E-state index in [4.69, 9.17) is 0 Å². The number of hydrogen-bond donors (Lipinski definition) is 1. The molecule has 1 unspecified atom stereocenters. The number of thiazole rings is 1. The van der Waals surface area contributed by atoms with E-state index in [2.05, 4.69) is 30.9 Å². The average Bonchev–Trinajstić information content (AvgIpc) is 2.94. The molecule has 98 valence electrons. The largest absolute Gasteiger partial charge is 0.380 e. The zero-order valence-electron chi connectivity index (χ0n) is 10.2. The molecule has 7 heteroatoms. The van der Waals surface area contributed by atoms with E-state index < -0.39 is 6.10 Å². The van der Waals surface area contributed by atoms with E-state index in [1.165, 1.54) is 11.3 Å². The van der Waals surface area contributed by atoms with Crippen molar-refractivity contribution in [1.29, 1.82) is 0 Å². The van der Waals surface area contributed by atoms with E-state index in [1.54, 1.807) is 11.7 Å². The number of aliphatic hydroxyl groups excluding tert-OH is 1. The summed E-state index contributed by atoms with van der Waals surface area (Å²) >= 11 is 4.90. The second-order valence-electron chi connectivity index (χ2n) is 4.22. The van der Waals surface area contributed by atoms with Crippen LogP contribution in [0.2, 0.25) is 0 Å². The van der Waals surface area contributed by atoms with E-state index >= 15 is 0 Å². The van der Waals surface area contributed by atoms with Crippen LogP contribution in [0, 0.1) is 0 Å². The fourth-order valence-corrected chi connectivity index (χ4v) is 2.70. The Hall–Kier alpha value is -0.760. The van der Waals surface area contributed by atoms with Gasteiger partial charge in [-0.1, -0.05) is 0 Å². The maximum Gasteiger partial charge on any atom is 0.139 e. The van der Waals surface area contributed by atoms with E-state index in [-0.39, 0.29) is 0 Å². The van der Waals surface area contributed by atoms with E-state index in [0.717, 1.165) is 23.3 Å². The number of likely N-dealkylation sites (N-methyl/N-ethyl adjacent to an activating group) is 1. The van der Waals surface area contributed by atoms with Gasteiger partial charge in [-0.25, -0.2) is 4.98 Å². The van der Waals surface area contributed by atoms with Crippen LogP contribution in [0.25, 0.3) is 0 Å². The maximum absolute atomic E-state index is 10.3. The second kappa shape index (κ2) is 5.92. The summed E-state index contributed by atoms with van der Waals surface area (Å²) in [5.41, 5.74) is 3.13. The SMILES string of the molecule is CN(C)CCn1ncc(Br)c1C(O)c1cscn1. The van der Waals surface area contributed by atoms with Gasteiger partial charge in [0.25, 0.3) is 0 Å². The number of rotatable bonds is 5. The van der Waals surface area contributed by atoms with Crippen LogP contribution in [0.1, 0.15) is 17.5 Å². The standard InChI is InChI=1S/C11H15BrN4OS/c1-15(2)3-4-16-10(8(12)5-14-16)11(17)9-6-18-7-13-9/h5-7,11,17H,3-4H2,1-2H3. The highest BCUT2D eigenvalue weighted by Crippen LogP contribution is 2.28. The molecule has 2 rings (SSSR count). The fourth-order valence-electron chi connectivity index (χ4n) is 1.61. The van der Waals surface area contributed by atoms with Crippen molar-refractivity contribution in [2.75, 3.05) is 20.6 Å². The number of nitrogens with zero attached hydrogens (tertiary/aromatic N) is 4. The molecule has 0 saturated heterocycles. The van der Waals surface area contributed by atoms with Crippen LogP contribution < -0.4 is 0 Å². The summed E-state index contributed by atoms with van der Waals surface area (Å²) in [4.78, 5) is 6.22. The lowest BCUT2D eigenvalue weighted by Crippen LogP contribution is -2.21. The van der Waals surface area contributed by atoms with Crippen molar-refractivity contribution in [3.63, 3.8) is 0 Å². The average molecular weight is 331 g/mol. The first-order valence-electron chi connectivity index (χ1n) is 5.51. The molecular formula is C11H15BrN4OS. The molecule has 0 aliphatic heterocycles. The van der Waals surface area contributed by atoms with Crippen molar-refractivity contribution in [3.8, 4) is 0 Å². The first-order valence-corrected chi connectivity index (χ1v) is 7.25. The fraction of sp³-hybridized carbons (Fsp3) is 0.455. The summed E-state index contributed by atoms with van der Waals surface area (Å²) < 4.78 is 2.62. The minimum Gasteiger partial charge on any atom is -0.380 e. The molecule has 0 radical (unpaired) electrons. The third-order valence-corrected chi connectivity index (χ3v) is 3.80. The monoisotopic (exact) mass is 330 g/mol. The van der Waals surface area contributed by atoms with Crippen LogP contribution in [0.15, 0.2) is 21.6 Å². The van der Waals surface area contributed by atoms with Crippen molar-refractivity contribution in [3.05, 3.63) is 32.9 Å². The van der Waals surface area contributed by atoms with Crippen LogP contribution in [-0.2, 0) is 6.54 Å². The molecule has 0 saturated carbocycles. The van der Waals surface area contributed by atoms with Gasteiger partial charge >= 0.3 is 0 Å². The molecule has 1 atom stereocenters. The molecule has 0 spiro atoms. The molecule has 0 fully saturated rings. The summed E-state index contributed by atoms with van der Waals surface area (Å²) in [5.74, 6) is 0. The Morgan fingerprint density at radius 1 is 1.56 bits per heavy atom. The normalized spacial score (nSPS) is 13.2. The number of aromatic nitrogens is 3. The van der Waals surface area contributed by atoms with Gasteiger partial charge in [0.2, 0.25) is 0 Å². The highest BCUT2D eigenvalue weighted by Gasteiger charge is 2.20. The van der Waals surface area contributed by atoms with Crippen molar-refractivity contribution in [2.24, 2.45) is 0 Å². The van der Waals surface area contributed by atoms with Gasteiger partial charge in [0, 0.05) is 11.9 Å². The van der Waals surface area contributed by atoms with Gasteiger partial charge in [-0.05, 0) is 30.0 Å². The molecule has 1 N–H and O–H groups in total. The van der Waals surface area contributed by atoms with E-state index in [1.807, 2.05) is 24.2 Å². The molecule has 5 nitrogen and oxygen atoms in total. The summed E-state index contributed by atoms with van der Waals surface area (Å²) in [6.45, 7) is 1.60. The number of halogens is 1. The third-order valence-electron chi connectivity index (χ3n) is 2.58. The van der Waals surface area contributed by atoms with Crippen LogP contribution in [-0.4, -0.2) is 45.4 Å². The van der Waals surface area contributed by atoms with Crippen molar-refractivity contribution in [1.82, 2.24) is 19.7 Å². The topological polar surface area (TPSA) is 54.2 Å². The Morgan fingerprint density at radius 3 is 2.94 bits per heavy atom. The minimum atomic E-state index is -0.740. The van der Waals surface area contributed by atoms with Crippen LogP contribution in [0.3, 0.4) is 0 Å². The van der Waals surface area contributed by atoms with Crippen molar-refractivity contribution < 1.29 is 5.11 Å². The van der Waals surface area contributed by atoms with E-state index in [0.29, 0.717) is 5.69 Å². The first kappa shape index (κ1) is 13.7. The summed E-state index contributed by atoms with van der Waals surface area (Å²) in [6.07, 6.45) is 0.968. The summed E-state index contributed by atoms with van der Waals surface area (Å²) in [6, 6.07) is 0. The molecule has 0 aliphatic rings. The molecule has 2 aromatic rings. The van der Waals surface area contributed by atoms with Crippen molar-refractivity contribution in [2.45, 2.75) is 12.6 Å². The Balaban J connectivity index is 2.23. The summed E-state index contributed by atoms with van der Waals surface area (Å²) in [7, 11) is 4.02. The van der Waals surface area contributed by atoms with E-state index in [9.17, 15) is 5.11 Å². The van der Waals surface area contributed by atoms with Crippen LogP contribution in [0.4, 0.5) is 0 Å². The Kier molecular flexibility index (Phi) is 4.50. The second-order valence-corrected chi connectivity index (χ2v) is 5.79. The van der Waals surface area contributed by atoms with Gasteiger partial charge in [-0.2, -0.15) is 5.10 Å². The lowest BCUT2D eigenvalue weighted by molar-refractivity contribution is 0.201. The molecule has 0 amide bonds. The Morgan fingerprint density at radius 2 is 2.33 bits per heavy atom. The molecule has 0 bridgehead atoms. The van der Waals surface area contributed by atoms with Gasteiger partial charge in [0.1, 0.15) is 6.10 Å².